The lowest BCUT2D eigenvalue weighted by Crippen LogP contribution is -2.44. The van der Waals surface area contributed by atoms with E-state index in [2.05, 4.69) is 172 Å². The van der Waals surface area contributed by atoms with E-state index in [4.69, 9.17) is 18.9 Å². The van der Waals surface area contributed by atoms with Gasteiger partial charge in [-0.2, -0.15) is 0 Å². The summed E-state index contributed by atoms with van der Waals surface area (Å²) >= 11 is 0. The Hall–Kier alpha value is -5.09. The fourth-order valence-corrected chi connectivity index (χ4v) is 11.5. The Morgan fingerprint density at radius 2 is 0.535 bits per heavy atom. The number of quaternary nitrogens is 1. The van der Waals surface area contributed by atoms with Crippen molar-refractivity contribution in [2.45, 2.75) is 360 Å². The molecule has 2 atom stereocenters. The third kappa shape index (κ3) is 82.1. The Kier molecular flexibility index (Phi) is 76.5. The first-order chi connectivity index (χ1) is 49.6. The van der Waals surface area contributed by atoms with Gasteiger partial charge < -0.3 is 33.3 Å². The van der Waals surface area contributed by atoms with Crippen LogP contribution in [0.3, 0.4) is 0 Å². The number of rotatable bonds is 76. The van der Waals surface area contributed by atoms with Gasteiger partial charge >= 0.3 is 11.9 Å². The first kappa shape index (κ1) is 95.9. The van der Waals surface area contributed by atoms with E-state index >= 15 is 0 Å². The van der Waals surface area contributed by atoms with Gasteiger partial charge in [-0.05, 0) is 122 Å². The van der Waals surface area contributed by atoms with Crippen LogP contribution in [0.4, 0.5) is 0 Å². The minimum atomic E-state index is -1.63. The van der Waals surface area contributed by atoms with E-state index in [0.29, 0.717) is 17.4 Å². The van der Waals surface area contributed by atoms with Gasteiger partial charge in [-0.25, -0.2) is 0 Å². The summed E-state index contributed by atoms with van der Waals surface area (Å²) < 4.78 is 22.9. The lowest BCUT2D eigenvalue weighted by atomic mass is 10.0. The van der Waals surface area contributed by atoms with Crippen LogP contribution in [0.1, 0.15) is 348 Å². The quantitative estimate of drug-likeness (QED) is 0.0195. The Balaban J connectivity index is 4.02. The second-order valence-electron chi connectivity index (χ2n) is 28.7. The second-order valence-corrected chi connectivity index (χ2v) is 28.7. The van der Waals surface area contributed by atoms with Gasteiger partial charge in [0.15, 0.2) is 12.4 Å². The van der Waals surface area contributed by atoms with Crippen molar-refractivity contribution < 1.29 is 42.9 Å². The van der Waals surface area contributed by atoms with Gasteiger partial charge in [0.1, 0.15) is 13.2 Å². The van der Waals surface area contributed by atoms with Crippen molar-refractivity contribution in [3.05, 3.63) is 158 Å². The number of carbonyl (C=O) groups excluding carboxylic acids is 3. The molecular formula is C92H155NO8. The lowest BCUT2D eigenvalue weighted by molar-refractivity contribution is -0.870. The van der Waals surface area contributed by atoms with Crippen LogP contribution < -0.4 is 5.11 Å². The van der Waals surface area contributed by atoms with Gasteiger partial charge in [-0.3, -0.25) is 9.59 Å². The summed E-state index contributed by atoms with van der Waals surface area (Å²) in [4.78, 5) is 37.7. The predicted octanol–water partition coefficient (Wildman–Crippen LogP) is 25.8. The zero-order chi connectivity index (χ0) is 73.2. The summed E-state index contributed by atoms with van der Waals surface area (Å²) in [6, 6.07) is 0. The molecule has 0 saturated carbocycles. The van der Waals surface area contributed by atoms with Gasteiger partial charge in [-0.15, -0.1) is 0 Å². The number of carboxylic acids is 1. The summed E-state index contributed by atoms with van der Waals surface area (Å²) in [7, 11) is 5.94. The zero-order valence-corrected chi connectivity index (χ0v) is 66.0. The monoisotopic (exact) mass is 1400 g/mol. The van der Waals surface area contributed by atoms with E-state index in [1.165, 1.54) is 193 Å². The molecule has 0 bridgehead atoms. The number of nitrogens with zero attached hydrogens (tertiary/aromatic N) is 1. The molecule has 0 saturated heterocycles. The van der Waals surface area contributed by atoms with Crippen molar-refractivity contribution in [3.8, 4) is 0 Å². The van der Waals surface area contributed by atoms with Crippen LogP contribution >= 0.6 is 0 Å². The average molecular weight is 1400 g/mol. The van der Waals surface area contributed by atoms with E-state index in [-0.39, 0.29) is 38.6 Å². The summed E-state index contributed by atoms with van der Waals surface area (Å²) in [5.41, 5.74) is 0. The number of esters is 2. The molecule has 0 aliphatic heterocycles. The molecule has 0 radical (unpaired) electrons. The van der Waals surface area contributed by atoms with Gasteiger partial charge in [0.2, 0.25) is 0 Å². The molecule has 0 spiro atoms. The van der Waals surface area contributed by atoms with E-state index in [1.807, 2.05) is 21.1 Å². The summed E-state index contributed by atoms with van der Waals surface area (Å²) in [6.45, 7) is 4.54. The molecule has 2 unspecified atom stereocenters. The number of likely N-dealkylation sites (N-methyl/N-ethyl adjacent to an activating group) is 1. The largest absolute Gasteiger partial charge is 0.545 e. The maximum atomic E-state index is 13.0. The standard InChI is InChI=1S/C92H155NO8/c1-6-8-10-12-14-16-18-20-22-24-26-28-30-32-34-36-38-40-42-44-45-47-48-50-52-54-56-58-60-62-64-66-68-70-72-74-76-78-80-82-89(94)99-86-88(87-100-92(91(96)97)98-85-84-93(3,4)5)101-90(95)83-81-79-77-75-73-71-69-67-65-63-61-59-57-55-53-51-49-46-43-41-39-37-35-33-31-29-27-25-23-21-19-17-15-13-11-9-7-2/h8-11,14-17,20-23,26-29,32-35,39,41,46,49,53,55,88,92H,6-7,12-13,18-19,24-25,30-31,36-38,40,42-45,47-48,50-52,54,56-87H2,1-5H3/b10-8-,11-9-,16-14-,17-15-,22-20-,23-21-,28-26-,29-27-,34-32-,35-33-,41-39-,49-46-,55-53-. The molecule has 0 aromatic heterocycles. The summed E-state index contributed by atoms with van der Waals surface area (Å²) in [5, 5.41) is 11.9. The maximum absolute atomic E-state index is 13.0. The smallest absolute Gasteiger partial charge is 0.306 e. The van der Waals surface area contributed by atoms with Gasteiger partial charge in [0.05, 0.1) is 40.3 Å². The third-order valence-electron chi connectivity index (χ3n) is 17.8. The number of unbranched alkanes of at least 4 members (excludes halogenated alkanes) is 35. The lowest BCUT2D eigenvalue weighted by Gasteiger charge is -2.26. The third-order valence-corrected chi connectivity index (χ3v) is 17.8. The number of carboxylic acid groups (broad SMARTS) is 1. The number of carbonyl (C=O) groups is 3. The maximum Gasteiger partial charge on any atom is 0.306 e. The minimum Gasteiger partial charge on any atom is -0.545 e. The number of hydrogen-bond donors (Lipinski definition) is 0. The Morgan fingerprint density at radius 3 is 0.792 bits per heavy atom. The molecule has 0 fully saturated rings. The van der Waals surface area contributed by atoms with Gasteiger partial charge in [-0.1, -0.05) is 371 Å². The Morgan fingerprint density at radius 1 is 0.297 bits per heavy atom. The van der Waals surface area contributed by atoms with Gasteiger partial charge in [0, 0.05) is 12.8 Å². The SMILES string of the molecule is CC/C=C\C/C=C\C/C=C\C/C=C\C/C=C\C/C=C\C/C=C\C/C=C\CCCCCCCCCCCCCCC(=O)OC(COC(=O)CCCCCCCCCCCCCCCCCCCCCCCCC/C=C\C/C=C\C/C=C\C/C=C\C/C=C\CC)COC(OCC[N+](C)(C)C)C(=O)[O-]. The van der Waals surface area contributed by atoms with Crippen molar-refractivity contribution in [3.63, 3.8) is 0 Å². The van der Waals surface area contributed by atoms with Crippen LogP contribution in [-0.4, -0.2) is 82.3 Å². The van der Waals surface area contributed by atoms with E-state index in [0.717, 1.165) is 122 Å². The minimum absolute atomic E-state index is 0.143. The molecular weight excluding hydrogens is 1250 g/mol. The topological polar surface area (TPSA) is 111 Å². The van der Waals surface area contributed by atoms with E-state index in [9.17, 15) is 19.5 Å². The molecule has 0 aromatic rings. The van der Waals surface area contributed by atoms with Crippen LogP contribution in [0, 0.1) is 0 Å². The van der Waals surface area contributed by atoms with Crippen molar-refractivity contribution in [2.75, 3.05) is 47.5 Å². The van der Waals surface area contributed by atoms with Crippen molar-refractivity contribution in [1.29, 1.82) is 0 Å². The highest BCUT2D eigenvalue weighted by atomic mass is 16.7. The van der Waals surface area contributed by atoms with Crippen LogP contribution in [0.25, 0.3) is 0 Å². The first-order valence-electron chi connectivity index (χ1n) is 41.6. The van der Waals surface area contributed by atoms with Crippen LogP contribution in [0.5, 0.6) is 0 Å². The fraction of sp³-hybridized carbons (Fsp3) is 0.685. The average Bonchev–Trinajstić information content (AvgIpc) is 1.25. The number of allylic oxidation sites excluding steroid dienone is 26. The van der Waals surface area contributed by atoms with Crippen molar-refractivity contribution in [2.24, 2.45) is 0 Å². The highest BCUT2D eigenvalue weighted by molar-refractivity contribution is 5.70. The van der Waals surface area contributed by atoms with Crippen molar-refractivity contribution in [1.82, 2.24) is 0 Å². The first-order valence-corrected chi connectivity index (χ1v) is 41.6. The molecule has 0 heterocycles. The molecule has 0 aliphatic carbocycles. The Bertz CT molecular complexity index is 2230. The molecule has 101 heavy (non-hydrogen) atoms. The zero-order valence-electron chi connectivity index (χ0n) is 66.0. The van der Waals surface area contributed by atoms with Gasteiger partial charge in [0.25, 0.3) is 0 Å². The van der Waals surface area contributed by atoms with Crippen LogP contribution in [-0.2, 0) is 33.3 Å². The predicted molar refractivity (Wildman–Crippen MR) is 435 cm³/mol. The highest BCUT2D eigenvalue weighted by Gasteiger charge is 2.22. The molecule has 0 rings (SSSR count). The number of ether oxygens (including phenoxy) is 4. The van der Waals surface area contributed by atoms with E-state index in [1.54, 1.807) is 0 Å². The van der Waals surface area contributed by atoms with Crippen molar-refractivity contribution >= 4 is 17.9 Å². The number of aliphatic carboxylic acids is 1. The van der Waals surface area contributed by atoms with Crippen LogP contribution in [0.2, 0.25) is 0 Å². The van der Waals surface area contributed by atoms with Crippen LogP contribution in [0.15, 0.2) is 158 Å². The normalized spacial score (nSPS) is 13.5. The Labute approximate surface area is 623 Å². The highest BCUT2D eigenvalue weighted by Crippen LogP contribution is 2.19. The molecule has 0 N–H and O–H groups in total. The molecule has 9 nitrogen and oxygen atoms in total. The summed E-state index contributed by atoms with van der Waals surface area (Å²) in [5.74, 6) is -2.28. The summed E-state index contributed by atoms with van der Waals surface area (Å²) in [6.07, 6.45) is 117. The fourth-order valence-electron chi connectivity index (χ4n) is 11.5. The molecule has 0 aliphatic rings. The number of hydrogen-bond acceptors (Lipinski definition) is 8. The van der Waals surface area contributed by atoms with E-state index < -0.39 is 24.3 Å². The molecule has 9 heteroatoms. The molecule has 0 amide bonds. The molecule has 576 valence electrons. The second kappa shape index (κ2) is 80.6. The molecule has 0 aromatic carbocycles.